The second-order valence-electron chi connectivity index (χ2n) is 5.83. The van der Waals surface area contributed by atoms with Crippen LogP contribution < -0.4 is 10.6 Å². The van der Waals surface area contributed by atoms with Gasteiger partial charge in [0.1, 0.15) is 5.69 Å². The first-order valence-corrected chi connectivity index (χ1v) is 6.88. The summed E-state index contributed by atoms with van der Waals surface area (Å²) in [7, 11) is 0. The standard InChI is InChI=1S/C14H21N3O/c1-14(7-8-15-10-14)16-13(18)12-6-3-9-17(12)11-4-2-5-11/h3,6,9,11,15H,2,4-5,7-8,10H2,1H3,(H,16,18). The van der Waals surface area contributed by atoms with Crippen LogP contribution in [-0.4, -0.2) is 29.1 Å². The number of carbonyl (C=O) groups is 1. The summed E-state index contributed by atoms with van der Waals surface area (Å²) < 4.78 is 2.14. The summed E-state index contributed by atoms with van der Waals surface area (Å²) in [6.45, 7) is 3.96. The van der Waals surface area contributed by atoms with Crippen molar-refractivity contribution in [3.8, 4) is 0 Å². The Labute approximate surface area is 108 Å². The van der Waals surface area contributed by atoms with E-state index in [1.54, 1.807) is 0 Å². The Morgan fingerprint density at radius 3 is 3.00 bits per heavy atom. The second-order valence-corrected chi connectivity index (χ2v) is 5.83. The number of hydrogen-bond donors (Lipinski definition) is 2. The zero-order chi connectivity index (χ0) is 12.6. The van der Waals surface area contributed by atoms with E-state index in [4.69, 9.17) is 0 Å². The highest BCUT2D eigenvalue weighted by Gasteiger charge is 2.32. The Bertz CT molecular complexity index is 442. The molecule has 2 aliphatic rings. The van der Waals surface area contributed by atoms with Crippen LogP contribution in [-0.2, 0) is 0 Å². The highest BCUT2D eigenvalue weighted by molar-refractivity contribution is 5.93. The molecule has 2 heterocycles. The smallest absolute Gasteiger partial charge is 0.268 e. The molecule has 98 valence electrons. The van der Waals surface area contributed by atoms with Crippen LogP contribution in [0.2, 0.25) is 0 Å². The van der Waals surface area contributed by atoms with Gasteiger partial charge in [-0.15, -0.1) is 0 Å². The molecule has 0 bridgehead atoms. The molecule has 0 spiro atoms. The summed E-state index contributed by atoms with van der Waals surface area (Å²) in [5, 5.41) is 6.48. The van der Waals surface area contributed by atoms with Crippen molar-refractivity contribution in [1.82, 2.24) is 15.2 Å². The summed E-state index contributed by atoms with van der Waals surface area (Å²) in [4.78, 5) is 12.4. The Kier molecular flexibility index (Phi) is 2.90. The van der Waals surface area contributed by atoms with Gasteiger partial charge in [-0.3, -0.25) is 4.79 Å². The van der Waals surface area contributed by atoms with Crippen molar-refractivity contribution in [3.05, 3.63) is 24.0 Å². The maximum absolute atomic E-state index is 12.4. The average Bonchev–Trinajstić information content (AvgIpc) is 2.85. The monoisotopic (exact) mass is 247 g/mol. The first kappa shape index (κ1) is 11.8. The average molecular weight is 247 g/mol. The van der Waals surface area contributed by atoms with Gasteiger partial charge in [0.2, 0.25) is 0 Å². The lowest BCUT2D eigenvalue weighted by atomic mass is 9.92. The van der Waals surface area contributed by atoms with Gasteiger partial charge in [0.25, 0.3) is 5.91 Å². The molecule has 1 saturated carbocycles. The lowest BCUT2D eigenvalue weighted by Crippen LogP contribution is -2.48. The molecule has 1 aromatic rings. The van der Waals surface area contributed by atoms with Crippen molar-refractivity contribution in [3.63, 3.8) is 0 Å². The maximum atomic E-state index is 12.4. The fourth-order valence-electron chi connectivity index (χ4n) is 2.83. The second kappa shape index (κ2) is 4.43. The molecule has 0 radical (unpaired) electrons. The quantitative estimate of drug-likeness (QED) is 0.854. The molecular weight excluding hydrogens is 226 g/mol. The maximum Gasteiger partial charge on any atom is 0.268 e. The molecule has 4 nitrogen and oxygen atoms in total. The Balaban J connectivity index is 1.73. The third-order valence-corrected chi connectivity index (χ3v) is 4.26. The van der Waals surface area contributed by atoms with Gasteiger partial charge in [-0.25, -0.2) is 0 Å². The minimum atomic E-state index is -0.0915. The van der Waals surface area contributed by atoms with Crippen LogP contribution in [0.15, 0.2) is 18.3 Å². The largest absolute Gasteiger partial charge is 0.344 e. The molecule has 3 rings (SSSR count). The Morgan fingerprint density at radius 1 is 1.56 bits per heavy atom. The fourth-order valence-corrected chi connectivity index (χ4v) is 2.83. The normalized spacial score (nSPS) is 28.1. The highest BCUT2D eigenvalue weighted by Crippen LogP contribution is 2.32. The van der Waals surface area contributed by atoms with Gasteiger partial charge >= 0.3 is 0 Å². The van der Waals surface area contributed by atoms with Crippen molar-refractivity contribution >= 4 is 5.91 Å². The fraction of sp³-hybridized carbons (Fsp3) is 0.643. The molecule has 1 atom stereocenters. The van der Waals surface area contributed by atoms with Crippen molar-refractivity contribution in [2.45, 2.75) is 44.2 Å². The molecule has 0 aromatic carbocycles. The predicted octanol–water partition coefficient (Wildman–Crippen LogP) is 1.69. The third kappa shape index (κ3) is 2.05. The molecule has 1 saturated heterocycles. The van der Waals surface area contributed by atoms with E-state index in [9.17, 15) is 4.79 Å². The van der Waals surface area contributed by atoms with E-state index < -0.39 is 0 Å². The number of amides is 1. The molecule has 2 fully saturated rings. The lowest BCUT2D eigenvalue weighted by Gasteiger charge is -2.30. The molecule has 4 heteroatoms. The molecule has 1 aliphatic carbocycles. The number of hydrogen-bond acceptors (Lipinski definition) is 2. The zero-order valence-corrected chi connectivity index (χ0v) is 10.9. The SMILES string of the molecule is CC1(NC(=O)c2cccn2C2CCC2)CCNC1. The number of nitrogens with one attached hydrogen (secondary N) is 2. The first-order valence-electron chi connectivity index (χ1n) is 6.88. The van der Waals surface area contributed by atoms with Crippen LogP contribution >= 0.6 is 0 Å². The van der Waals surface area contributed by atoms with Crippen LogP contribution in [0.3, 0.4) is 0 Å². The minimum absolute atomic E-state index is 0.0677. The minimum Gasteiger partial charge on any atom is -0.344 e. The predicted molar refractivity (Wildman–Crippen MR) is 70.7 cm³/mol. The van der Waals surface area contributed by atoms with E-state index >= 15 is 0 Å². The molecule has 1 amide bonds. The van der Waals surface area contributed by atoms with E-state index in [0.29, 0.717) is 6.04 Å². The van der Waals surface area contributed by atoms with E-state index in [-0.39, 0.29) is 11.4 Å². The van der Waals surface area contributed by atoms with Crippen LogP contribution in [0.25, 0.3) is 0 Å². The summed E-state index contributed by atoms with van der Waals surface area (Å²) >= 11 is 0. The van der Waals surface area contributed by atoms with Gasteiger partial charge in [0.15, 0.2) is 0 Å². The van der Waals surface area contributed by atoms with E-state index in [1.165, 1.54) is 19.3 Å². The van der Waals surface area contributed by atoms with Crippen LogP contribution in [0.1, 0.15) is 49.1 Å². The number of rotatable bonds is 3. The Morgan fingerprint density at radius 2 is 2.39 bits per heavy atom. The van der Waals surface area contributed by atoms with Gasteiger partial charge in [-0.2, -0.15) is 0 Å². The van der Waals surface area contributed by atoms with Crippen molar-refractivity contribution in [2.24, 2.45) is 0 Å². The van der Waals surface area contributed by atoms with Gasteiger partial charge in [-0.1, -0.05) is 0 Å². The van der Waals surface area contributed by atoms with E-state index in [1.807, 2.05) is 18.3 Å². The number of aromatic nitrogens is 1. The van der Waals surface area contributed by atoms with Crippen LogP contribution in [0.5, 0.6) is 0 Å². The van der Waals surface area contributed by atoms with Gasteiger partial charge < -0.3 is 15.2 Å². The Hall–Kier alpha value is -1.29. The molecule has 1 aromatic heterocycles. The van der Waals surface area contributed by atoms with Crippen LogP contribution in [0.4, 0.5) is 0 Å². The van der Waals surface area contributed by atoms with Crippen molar-refractivity contribution in [2.75, 3.05) is 13.1 Å². The van der Waals surface area contributed by atoms with Crippen molar-refractivity contribution < 1.29 is 4.79 Å². The zero-order valence-electron chi connectivity index (χ0n) is 10.9. The molecule has 18 heavy (non-hydrogen) atoms. The van der Waals surface area contributed by atoms with E-state index in [2.05, 4.69) is 22.1 Å². The third-order valence-electron chi connectivity index (χ3n) is 4.26. The summed E-state index contributed by atoms with van der Waals surface area (Å²) in [5.41, 5.74) is 0.721. The molecule has 1 unspecified atom stereocenters. The molecular formula is C14H21N3O. The lowest BCUT2D eigenvalue weighted by molar-refractivity contribution is 0.0897. The highest BCUT2D eigenvalue weighted by atomic mass is 16.2. The number of carbonyl (C=O) groups excluding carboxylic acids is 1. The van der Waals surface area contributed by atoms with Gasteiger partial charge in [0, 0.05) is 18.8 Å². The van der Waals surface area contributed by atoms with Crippen LogP contribution in [0, 0.1) is 0 Å². The summed E-state index contributed by atoms with van der Waals surface area (Å²) in [6, 6.07) is 4.44. The van der Waals surface area contributed by atoms with E-state index in [0.717, 1.165) is 25.2 Å². The molecule has 2 N–H and O–H groups in total. The molecule has 1 aliphatic heterocycles. The summed E-state index contributed by atoms with van der Waals surface area (Å²) in [6.07, 6.45) is 6.73. The summed E-state index contributed by atoms with van der Waals surface area (Å²) in [5.74, 6) is 0.0677. The topological polar surface area (TPSA) is 46.1 Å². The van der Waals surface area contributed by atoms with Crippen molar-refractivity contribution in [1.29, 1.82) is 0 Å². The first-order chi connectivity index (χ1) is 8.68. The van der Waals surface area contributed by atoms with Gasteiger partial charge in [0.05, 0.1) is 5.54 Å². The van der Waals surface area contributed by atoms with Gasteiger partial charge in [-0.05, 0) is 51.3 Å². The number of nitrogens with zero attached hydrogens (tertiary/aromatic N) is 1.